The predicted octanol–water partition coefficient (Wildman–Crippen LogP) is 3.60. The smallest absolute Gasteiger partial charge is 0.120 e. The summed E-state index contributed by atoms with van der Waals surface area (Å²) in [4.78, 5) is 7.42. The van der Waals surface area contributed by atoms with Crippen molar-refractivity contribution in [3.8, 4) is 0 Å². The number of H-pyrrole nitrogens is 1. The van der Waals surface area contributed by atoms with Gasteiger partial charge in [-0.3, -0.25) is 5.32 Å². The SMILES string of the molecule is Cc1ccccc1C(NCc1ncc[nH]1)c1ccccc1. The lowest BCUT2D eigenvalue weighted by Gasteiger charge is -2.21. The van der Waals surface area contributed by atoms with Gasteiger partial charge in [-0.25, -0.2) is 4.98 Å². The molecule has 3 aromatic rings. The summed E-state index contributed by atoms with van der Waals surface area (Å²) < 4.78 is 0. The third-order valence-corrected chi connectivity index (χ3v) is 3.66. The van der Waals surface area contributed by atoms with E-state index in [0.29, 0.717) is 6.54 Å². The topological polar surface area (TPSA) is 40.7 Å². The van der Waals surface area contributed by atoms with Crippen molar-refractivity contribution in [2.45, 2.75) is 19.5 Å². The lowest BCUT2D eigenvalue weighted by atomic mass is 9.95. The van der Waals surface area contributed by atoms with Gasteiger partial charge in [0, 0.05) is 12.4 Å². The van der Waals surface area contributed by atoms with Crippen LogP contribution in [0.3, 0.4) is 0 Å². The summed E-state index contributed by atoms with van der Waals surface area (Å²) in [6.45, 7) is 2.86. The lowest BCUT2D eigenvalue weighted by molar-refractivity contribution is 0.588. The van der Waals surface area contributed by atoms with Crippen LogP contribution in [0.2, 0.25) is 0 Å². The highest BCUT2D eigenvalue weighted by molar-refractivity contribution is 5.36. The van der Waals surface area contributed by atoms with Gasteiger partial charge in [-0.15, -0.1) is 0 Å². The zero-order chi connectivity index (χ0) is 14.5. The van der Waals surface area contributed by atoms with Crippen molar-refractivity contribution in [3.05, 3.63) is 89.5 Å². The molecule has 3 rings (SSSR count). The molecule has 21 heavy (non-hydrogen) atoms. The summed E-state index contributed by atoms with van der Waals surface area (Å²) in [6.07, 6.45) is 3.63. The van der Waals surface area contributed by atoms with Crippen molar-refractivity contribution in [1.82, 2.24) is 15.3 Å². The molecule has 1 unspecified atom stereocenters. The van der Waals surface area contributed by atoms with Crippen LogP contribution in [0.5, 0.6) is 0 Å². The number of aromatic nitrogens is 2. The molecule has 0 saturated carbocycles. The highest BCUT2D eigenvalue weighted by Crippen LogP contribution is 2.24. The average molecular weight is 277 g/mol. The standard InChI is InChI=1S/C18H19N3/c1-14-7-5-6-10-16(14)18(15-8-3-2-4-9-15)21-13-17-19-11-12-20-17/h2-12,18,21H,13H2,1H3,(H,19,20). The zero-order valence-electron chi connectivity index (χ0n) is 12.1. The van der Waals surface area contributed by atoms with Crippen molar-refractivity contribution < 1.29 is 0 Å². The van der Waals surface area contributed by atoms with Crippen molar-refractivity contribution in [1.29, 1.82) is 0 Å². The van der Waals surface area contributed by atoms with Gasteiger partial charge >= 0.3 is 0 Å². The molecular weight excluding hydrogens is 258 g/mol. The van der Waals surface area contributed by atoms with Crippen molar-refractivity contribution in [2.24, 2.45) is 0 Å². The van der Waals surface area contributed by atoms with Crippen molar-refractivity contribution >= 4 is 0 Å². The van der Waals surface area contributed by atoms with E-state index in [0.717, 1.165) is 5.82 Å². The number of nitrogens with one attached hydrogen (secondary N) is 2. The maximum atomic E-state index is 4.28. The number of hydrogen-bond donors (Lipinski definition) is 2. The van der Waals surface area contributed by atoms with E-state index in [1.807, 2.05) is 12.3 Å². The van der Waals surface area contributed by atoms with E-state index in [-0.39, 0.29) is 6.04 Å². The number of benzene rings is 2. The van der Waals surface area contributed by atoms with Crippen LogP contribution < -0.4 is 5.32 Å². The average Bonchev–Trinajstić information content (AvgIpc) is 3.04. The minimum atomic E-state index is 0.164. The largest absolute Gasteiger partial charge is 0.348 e. The Hall–Kier alpha value is -2.39. The molecule has 3 nitrogen and oxygen atoms in total. The van der Waals surface area contributed by atoms with Crippen LogP contribution in [-0.2, 0) is 6.54 Å². The fourth-order valence-electron chi connectivity index (χ4n) is 2.56. The summed E-state index contributed by atoms with van der Waals surface area (Å²) >= 11 is 0. The second-order valence-corrected chi connectivity index (χ2v) is 5.12. The summed E-state index contributed by atoms with van der Waals surface area (Å²) in [5.74, 6) is 0.949. The maximum Gasteiger partial charge on any atom is 0.120 e. The van der Waals surface area contributed by atoms with Crippen LogP contribution in [-0.4, -0.2) is 9.97 Å². The molecule has 2 aromatic carbocycles. The molecule has 106 valence electrons. The van der Waals surface area contributed by atoms with Gasteiger partial charge in [0.2, 0.25) is 0 Å². The fourth-order valence-corrected chi connectivity index (χ4v) is 2.56. The Bertz CT molecular complexity index is 675. The summed E-state index contributed by atoms with van der Waals surface area (Å²) in [5.41, 5.74) is 3.85. The van der Waals surface area contributed by atoms with Crippen molar-refractivity contribution in [3.63, 3.8) is 0 Å². The highest BCUT2D eigenvalue weighted by Gasteiger charge is 2.15. The number of nitrogens with zero attached hydrogens (tertiary/aromatic N) is 1. The minimum absolute atomic E-state index is 0.164. The van der Waals surface area contributed by atoms with Gasteiger partial charge in [0.1, 0.15) is 5.82 Å². The summed E-state index contributed by atoms with van der Waals surface area (Å²) in [6, 6.07) is 19.2. The first-order valence-corrected chi connectivity index (χ1v) is 7.16. The molecule has 0 saturated heterocycles. The predicted molar refractivity (Wildman–Crippen MR) is 84.9 cm³/mol. The quantitative estimate of drug-likeness (QED) is 0.748. The van der Waals surface area contributed by atoms with Crippen LogP contribution in [0.4, 0.5) is 0 Å². The van der Waals surface area contributed by atoms with Crippen molar-refractivity contribution in [2.75, 3.05) is 0 Å². The van der Waals surface area contributed by atoms with Crippen LogP contribution in [0.15, 0.2) is 67.0 Å². The molecule has 0 amide bonds. The molecular formula is C18H19N3. The molecule has 1 heterocycles. The Morgan fingerprint density at radius 3 is 2.52 bits per heavy atom. The second-order valence-electron chi connectivity index (χ2n) is 5.12. The first-order chi connectivity index (χ1) is 10.3. The third kappa shape index (κ3) is 3.20. The molecule has 0 fully saturated rings. The summed E-state index contributed by atoms with van der Waals surface area (Å²) in [5, 5.41) is 3.60. The molecule has 0 aliphatic rings. The molecule has 1 atom stereocenters. The monoisotopic (exact) mass is 277 g/mol. The highest BCUT2D eigenvalue weighted by atomic mass is 15.0. The van der Waals surface area contributed by atoms with Crippen LogP contribution in [0.25, 0.3) is 0 Å². The van der Waals surface area contributed by atoms with E-state index in [1.54, 1.807) is 6.20 Å². The Morgan fingerprint density at radius 2 is 1.81 bits per heavy atom. The number of hydrogen-bond acceptors (Lipinski definition) is 2. The summed E-state index contributed by atoms with van der Waals surface area (Å²) in [7, 11) is 0. The Labute approximate surface area is 125 Å². The van der Waals surface area contributed by atoms with Gasteiger partial charge in [0.25, 0.3) is 0 Å². The van der Waals surface area contributed by atoms with Crippen LogP contribution in [0, 0.1) is 6.92 Å². The van der Waals surface area contributed by atoms with E-state index < -0.39 is 0 Å². The van der Waals surface area contributed by atoms with Crippen LogP contribution in [0.1, 0.15) is 28.6 Å². The van der Waals surface area contributed by atoms with Gasteiger partial charge in [-0.05, 0) is 23.6 Å². The first kappa shape index (κ1) is 13.6. The molecule has 0 bridgehead atoms. The maximum absolute atomic E-state index is 4.28. The fraction of sp³-hybridized carbons (Fsp3) is 0.167. The number of rotatable bonds is 5. The molecule has 3 heteroatoms. The molecule has 0 spiro atoms. The minimum Gasteiger partial charge on any atom is -0.348 e. The molecule has 1 aromatic heterocycles. The van der Waals surface area contributed by atoms with Crippen LogP contribution >= 0.6 is 0 Å². The lowest BCUT2D eigenvalue weighted by Crippen LogP contribution is -2.23. The first-order valence-electron chi connectivity index (χ1n) is 7.16. The number of aromatic amines is 1. The van der Waals surface area contributed by atoms with E-state index in [9.17, 15) is 0 Å². The molecule has 0 aliphatic carbocycles. The van der Waals surface area contributed by atoms with Gasteiger partial charge in [0.15, 0.2) is 0 Å². The van der Waals surface area contributed by atoms with E-state index in [1.165, 1.54) is 16.7 Å². The normalized spacial score (nSPS) is 12.2. The third-order valence-electron chi connectivity index (χ3n) is 3.66. The number of imidazole rings is 1. The molecule has 2 N–H and O–H groups in total. The molecule has 0 aliphatic heterocycles. The van der Waals surface area contributed by atoms with E-state index in [4.69, 9.17) is 0 Å². The van der Waals surface area contributed by atoms with E-state index in [2.05, 4.69) is 70.7 Å². The Morgan fingerprint density at radius 1 is 1.05 bits per heavy atom. The number of aryl methyl sites for hydroxylation is 1. The second kappa shape index (κ2) is 6.37. The van der Waals surface area contributed by atoms with Gasteiger partial charge < -0.3 is 4.98 Å². The zero-order valence-corrected chi connectivity index (χ0v) is 12.1. The molecule has 0 radical (unpaired) electrons. The van der Waals surface area contributed by atoms with E-state index >= 15 is 0 Å². The van der Waals surface area contributed by atoms with Gasteiger partial charge in [-0.1, -0.05) is 54.6 Å². The van der Waals surface area contributed by atoms with Gasteiger partial charge in [-0.2, -0.15) is 0 Å². The van der Waals surface area contributed by atoms with Gasteiger partial charge in [0.05, 0.1) is 12.6 Å². The Balaban J connectivity index is 1.90. The Kier molecular flexibility index (Phi) is 4.12.